The predicted octanol–water partition coefficient (Wildman–Crippen LogP) is 3.12. The summed E-state index contributed by atoms with van der Waals surface area (Å²) in [4.78, 5) is 33.9. The predicted molar refractivity (Wildman–Crippen MR) is 105 cm³/mol. The number of urea groups is 1. The lowest BCUT2D eigenvalue weighted by Gasteiger charge is -2.13. The number of hydrogen-bond donors (Lipinski definition) is 2. The van der Waals surface area contributed by atoms with E-state index in [-0.39, 0.29) is 11.4 Å². The van der Waals surface area contributed by atoms with Gasteiger partial charge in [0, 0.05) is 23.9 Å². The maximum absolute atomic E-state index is 12.0. The van der Waals surface area contributed by atoms with Gasteiger partial charge in [-0.15, -0.1) is 0 Å². The summed E-state index contributed by atoms with van der Waals surface area (Å²) in [7, 11) is 0. The van der Waals surface area contributed by atoms with Gasteiger partial charge in [-0.05, 0) is 38.1 Å². The maximum atomic E-state index is 12.0. The Morgan fingerprint density at radius 3 is 2.24 bits per heavy atom. The minimum atomic E-state index is -0.742. The second-order valence-electron chi connectivity index (χ2n) is 5.57. The molecule has 0 fully saturated rings. The standard InChI is InChI=1S/C19H21N3O7/c1-3-27-16-10-5-13(11-17(16)28-4-2)20-19(24)21-18(23)12-29-15-8-6-14(7-9-15)22(25)26/h5-11H,3-4,12H2,1-2H3,(H2,20,21,23,24). The van der Waals surface area contributed by atoms with E-state index in [1.807, 2.05) is 13.8 Å². The Hall–Kier alpha value is -3.82. The molecule has 29 heavy (non-hydrogen) atoms. The number of benzene rings is 2. The molecule has 0 atom stereocenters. The molecule has 0 aromatic heterocycles. The summed E-state index contributed by atoms with van der Waals surface area (Å²) in [5.41, 5.74) is 0.321. The van der Waals surface area contributed by atoms with E-state index in [9.17, 15) is 19.7 Å². The van der Waals surface area contributed by atoms with E-state index >= 15 is 0 Å². The fourth-order valence-corrected chi connectivity index (χ4v) is 2.27. The van der Waals surface area contributed by atoms with Crippen LogP contribution in [0.15, 0.2) is 42.5 Å². The average molecular weight is 403 g/mol. The van der Waals surface area contributed by atoms with Crippen LogP contribution in [0.2, 0.25) is 0 Å². The van der Waals surface area contributed by atoms with E-state index in [0.717, 1.165) is 0 Å². The van der Waals surface area contributed by atoms with Crippen LogP contribution in [0, 0.1) is 10.1 Å². The summed E-state index contributed by atoms with van der Waals surface area (Å²) in [6.07, 6.45) is 0. The molecule has 0 unspecified atom stereocenters. The summed E-state index contributed by atoms with van der Waals surface area (Å²) in [6, 6.07) is 9.35. The molecule has 0 aliphatic rings. The highest BCUT2D eigenvalue weighted by molar-refractivity contribution is 6.01. The maximum Gasteiger partial charge on any atom is 0.325 e. The minimum Gasteiger partial charge on any atom is -0.490 e. The number of carbonyl (C=O) groups is 2. The topological polar surface area (TPSA) is 129 Å². The van der Waals surface area contributed by atoms with Crippen molar-refractivity contribution in [3.63, 3.8) is 0 Å². The zero-order valence-electron chi connectivity index (χ0n) is 16.0. The number of nitro benzene ring substituents is 1. The van der Waals surface area contributed by atoms with Gasteiger partial charge in [0.15, 0.2) is 18.1 Å². The first-order valence-corrected chi connectivity index (χ1v) is 8.80. The fraction of sp³-hybridized carbons (Fsp3) is 0.263. The van der Waals surface area contributed by atoms with Gasteiger partial charge in [0.25, 0.3) is 11.6 Å². The Labute approximate surface area is 166 Å². The van der Waals surface area contributed by atoms with Gasteiger partial charge in [-0.1, -0.05) is 0 Å². The van der Waals surface area contributed by atoms with Crippen molar-refractivity contribution < 1.29 is 28.7 Å². The molecule has 2 N–H and O–H groups in total. The van der Waals surface area contributed by atoms with Gasteiger partial charge in [0.05, 0.1) is 18.1 Å². The summed E-state index contributed by atoms with van der Waals surface area (Å²) >= 11 is 0. The number of anilines is 1. The summed E-state index contributed by atoms with van der Waals surface area (Å²) < 4.78 is 16.1. The molecule has 10 heteroatoms. The first-order chi connectivity index (χ1) is 13.9. The van der Waals surface area contributed by atoms with E-state index in [4.69, 9.17) is 14.2 Å². The van der Waals surface area contributed by atoms with Gasteiger partial charge in [0.2, 0.25) is 0 Å². The lowest BCUT2D eigenvalue weighted by molar-refractivity contribution is -0.384. The number of nitrogens with zero attached hydrogens (tertiary/aromatic N) is 1. The highest BCUT2D eigenvalue weighted by Crippen LogP contribution is 2.30. The Morgan fingerprint density at radius 2 is 1.62 bits per heavy atom. The van der Waals surface area contributed by atoms with Gasteiger partial charge >= 0.3 is 6.03 Å². The number of hydrogen-bond acceptors (Lipinski definition) is 7. The minimum absolute atomic E-state index is 0.0945. The van der Waals surface area contributed by atoms with Crippen LogP contribution in [-0.4, -0.2) is 36.7 Å². The van der Waals surface area contributed by atoms with Gasteiger partial charge in [0.1, 0.15) is 5.75 Å². The Balaban J connectivity index is 1.87. The molecule has 2 rings (SSSR count). The molecular formula is C19H21N3O7. The molecule has 154 valence electrons. The third-order valence-electron chi connectivity index (χ3n) is 3.47. The number of non-ortho nitro benzene ring substituents is 1. The van der Waals surface area contributed by atoms with Crippen LogP contribution in [0.5, 0.6) is 17.2 Å². The van der Waals surface area contributed by atoms with E-state index in [0.29, 0.717) is 30.4 Å². The smallest absolute Gasteiger partial charge is 0.325 e. The molecule has 10 nitrogen and oxygen atoms in total. The van der Waals surface area contributed by atoms with Crippen LogP contribution in [0.1, 0.15) is 13.8 Å². The summed E-state index contributed by atoms with van der Waals surface area (Å²) in [6.45, 7) is 4.13. The number of rotatable bonds is 9. The van der Waals surface area contributed by atoms with E-state index in [1.54, 1.807) is 18.2 Å². The third kappa shape index (κ3) is 6.69. The number of nitrogens with one attached hydrogen (secondary N) is 2. The van der Waals surface area contributed by atoms with E-state index in [1.165, 1.54) is 24.3 Å². The number of imide groups is 1. The summed E-state index contributed by atoms with van der Waals surface area (Å²) in [5, 5.41) is 15.2. The molecule has 2 aromatic rings. The Morgan fingerprint density at radius 1 is 0.966 bits per heavy atom. The quantitative estimate of drug-likeness (QED) is 0.486. The SMILES string of the molecule is CCOc1ccc(NC(=O)NC(=O)COc2ccc([N+](=O)[O-])cc2)cc1OCC. The molecule has 2 aromatic carbocycles. The molecule has 0 aliphatic carbocycles. The van der Waals surface area contributed by atoms with Crippen molar-refractivity contribution in [1.29, 1.82) is 0 Å². The first-order valence-electron chi connectivity index (χ1n) is 8.80. The lowest BCUT2D eigenvalue weighted by Crippen LogP contribution is -2.37. The number of carbonyl (C=O) groups excluding carboxylic acids is 2. The van der Waals surface area contributed by atoms with E-state index in [2.05, 4.69) is 10.6 Å². The van der Waals surface area contributed by atoms with Crippen molar-refractivity contribution >= 4 is 23.3 Å². The molecule has 0 bridgehead atoms. The van der Waals surface area contributed by atoms with Gasteiger partial charge in [-0.3, -0.25) is 20.2 Å². The molecule has 0 radical (unpaired) electrons. The third-order valence-corrected chi connectivity index (χ3v) is 3.47. The second-order valence-corrected chi connectivity index (χ2v) is 5.57. The zero-order chi connectivity index (χ0) is 21.2. The van der Waals surface area contributed by atoms with Crippen molar-refractivity contribution in [3.05, 3.63) is 52.6 Å². The highest BCUT2D eigenvalue weighted by Gasteiger charge is 2.12. The molecular weight excluding hydrogens is 382 g/mol. The number of ether oxygens (including phenoxy) is 3. The molecule has 0 saturated carbocycles. The first kappa shape index (κ1) is 21.5. The van der Waals surface area contributed by atoms with Crippen LogP contribution in [0.4, 0.5) is 16.2 Å². The van der Waals surface area contributed by atoms with Crippen LogP contribution < -0.4 is 24.8 Å². The van der Waals surface area contributed by atoms with Crippen LogP contribution >= 0.6 is 0 Å². The Kier molecular flexibility index (Phi) is 7.78. The van der Waals surface area contributed by atoms with E-state index < -0.39 is 23.5 Å². The van der Waals surface area contributed by atoms with Gasteiger partial charge < -0.3 is 19.5 Å². The lowest BCUT2D eigenvalue weighted by atomic mass is 10.2. The molecule has 0 heterocycles. The van der Waals surface area contributed by atoms with Crippen molar-refractivity contribution in [3.8, 4) is 17.2 Å². The Bertz CT molecular complexity index is 869. The average Bonchev–Trinajstić information content (AvgIpc) is 2.69. The molecule has 0 aliphatic heterocycles. The summed E-state index contributed by atoms with van der Waals surface area (Å²) in [5.74, 6) is 0.601. The van der Waals surface area contributed by atoms with Gasteiger partial charge in [-0.2, -0.15) is 0 Å². The molecule has 0 saturated heterocycles. The normalized spacial score (nSPS) is 10.0. The fourth-order valence-electron chi connectivity index (χ4n) is 2.27. The molecule has 0 spiro atoms. The van der Waals surface area contributed by atoms with Gasteiger partial charge in [-0.25, -0.2) is 4.79 Å². The van der Waals surface area contributed by atoms with Crippen molar-refractivity contribution in [2.75, 3.05) is 25.1 Å². The van der Waals surface area contributed by atoms with Crippen LogP contribution in [-0.2, 0) is 4.79 Å². The monoisotopic (exact) mass is 403 g/mol. The number of amides is 3. The number of nitro groups is 1. The van der Waals surface area contributed by atoms with Crippen molar-refractivity contribution in [2.45, 2.75) is 13.8 Å². The van der Waals surface area contributed by atoms with Crippen molar-refractivity contribution in [1.82, 2.24) is 5.32 Å². The van der Waals surface area contributed by atoms with Crippen molar-refractivity contribution in [2.24, 2.45) is 0 Å². The second kappa shape index (κ2) is 10.5. The largest absolute Gasteiger partial charge is 0.490 e. The zero-order valence-corrected chi connectivity index (χ0v) is 16.0. The molecule has 3 amide bonds. The van der Waals surface area contributed by atoms with Crippen LogP contribution in [0.3, 0.4) is 0 Å². The van der Waals surface area contributed by atoms with Crippen LogP contribution in [0.25, 0.3) is 0 Å². The highest BCUT2D eigenvalue weighted by atomic mass is 16.6.